The van der Waals surface area contributed by atoms with Crippen LogP contribution in [0.25, 0.3) is 0 Å². The average molecular weight is 529 g/mol. The van der Waals surface area contributed by atoms with Crippen LogP contribution in [0.3, 0.4) is 0 Å². The SMILES string of the molecule is C=CCOC(=O)c1ccc(C[S+]([O-])C2CC(=O)N2CC(=O)NCCCCCCc2ccc(F)cc2)cc1. The van der Waals surface area contributed by atoms with Gasteiger partial charge in [-0.2, -0.15) is 0 Å². The highest BCUT2D eigenvalue weighted by molar-refractivity contribution is 7.91. The summed E-state index contributed by atoms with van der Waals surface area (Å²) in [7, 11) is 0. The highest BCUT2D eigenvalue weighted by atomic mass is 32.2. The zero-order valence-electron chi connectivity index (χ0n) is 20.8. The van der Waals surface area contributed by atoms with Crippen LogP contribution in [-0.4, -0.2) is 52.3 Å². The maximum Gasteiger partial charge on any atom is 0.338 e. The molecule has 7 nitrogen and oxygen atoms in total. The van der Waals surface area contributed by atoms with E-state index in [1.54, 1.807) is 36.4 Å². The van der Waals surface area contributed by atoms with Crippen molar-refractivity contribution >= 4 is 29.0 Å². The van der Waals surface area contributed by atoms with Gasteiger partial charge in [0.2, 0.25) is 11.8 Å². The lowest BCUT2D eigenvalue weighted by molar-refractivity contribution is -0.145. The molecular weight excluding hydrogens is 495 g/mol. The number of hydrogen-bond donors (Lipinski definition) is 1. The molecule has 198 valence electrons. The van der Waals surface area contributed by atoms with Gasteiger partial charge in [-0.05, 0) is 60.3 Å². The van der Waals surface area contributed by atoms with Crippen molar-refractivity contribution in [3.8, 4) is 0 Å². The minimum atomic E-state index is -1.37. The first-order valence-electron chi connectivity index (χ1n) is 12.4. The summed E-state index contributed by atoms with van der Waals surface area (Å²) in [6.07, 6.45) is 6.33. The predicted molar refractivity (Wildman–Crippen MR) is 140 cm³/mol. The molecule has 2 unspecified atom stereocenters. The molecule has 0 radical (unpaired) electrons. The molecule has 9 heteroatoms. The Labute approximate surface area is 220 Å². The van der Waals surface area contributed by atoms with Crippen LogP contribution in [-0.2, 0) is 37.7 Å². The minimum Gasteiger partial charge on any atom is -0.614 e. The summed E-state index contributed by atoms with van der Waals surface area (Å²) in [6, 6.07) is 13.2. The number of β-lactam (4-membered cyclic amide) rings is 1. The first-order valence-corrected chi connectivity index (χ1v) is 13.8. The van der Waals surface area contributed by atoms with E-state index >= 15 is 0 Å². The van der Waals surface area contributed by atoms with Gasteiger partial charge in [0.05, 0.1) is 12.0 Å². The number of aryl methyl sites for hydroxylation is 1. The van der Waals surface area contributed by atoms with Crippen molar-refractivity contribution in [2.24, 2.45) is 0 Å². The van der Waals surface area contributed by atoms with Crippen LogP contribution in [0.2, 0.25) is 0 Å². The second kappa shape index (κ2) is 14.5. The van der Waals surface area contributed by atoms with Gasteiger partial charge in [-0.25, -0.2) is 9.18 Å². The molecule has 1 aliphatic heterocycles. The molecule has 1 N–H and O–H groups in total. The van der Waals surface area contributed by atoms with Crippen LogP contribution in [0.5, 0.6) is 0 Å². The van der Waals surface area contributed by atoms with E-state index in [-0.39, 0.29) is 43.0 Å². The number of carbonyl (C=O) groups excluding carboxylic acids is 3. The number of benzene rings is 2. The summed E-state index contributed by atoms with van der Waals surface area (Å²) >= 11 is -1.37. The number of amides is 2. The molecule has 2 atom stereocenters. The maximum atomic E-state index is 12.9. The van der Waals surface area contributed by atoms with Crippen molar-refractivity contribution in [3.05, 3.63) is 83.7 Å². The number of hydrogen-bond acceptors (Lipinski definition) is 5. The van der Waals surface area contributed by atoms with Gasteiger partial charge in [-0.15, -0.1) is 0 Å². The Morgan fingerprint density at radius 2 is 1.76 bits per heavy atom. The zero-order chi connectivity index (χ0) is 26.6. The molecule has 0 aliphatic carbocycles. The number of rotatable bonds is 15. The van der Waals surface area contributed by atoms with Gasteiger partial charge in [0, 0.05) is 12.1 Å². The fourth-order valence-electron chi connectivity index (χ4n) is 3.96. The van der Waals surface area contributed by atoms with Crippen molar-refractivity contribution in [2.75, 3.05) is 19.7 Å². The van der Waals surface area contributed by atoms with Gasteiger partial charge < -0.3 is 14.6 Å². The molecule has 2 amide bonds. The third-order valence-corrected chi connectivity index (χ3v) is 7.74. The van der Waals surface area contributed by atoms with E-state index in [1.807, 2.05) is 0 Å². The summed E-state index contributed by atoms with van der Waals surface area (Å²) in [6.45, 7) is 4.04. The minimum absolute atomic E-state index is 0.103. The van der Waals surface area contributed by atoms with E-state index in [4.69, 9.17) is 4.74 Å². The number of unbranched alkanes of at least 4 members (excludes halogenated alkanes) is 3. The van der Waals surface area contributed by atoms with E-state index in [2.05, 4.69) is 11.9 Å². The van der Waals surface area contributed by atoms with Crippen molar-refractivity contribution in [2.45, 2.75) is 49.7 Å². The largest absolute Gasteiger partial charge is 0.614 e. The fraction of sp³-hybridized carbons (Fsp3) is 0.393. The van der Waals surface area contributed by atoms with Crippen LogP contribution in [0, 0.1) is 5.82 Å². The average Bonchev–Trinajstić information content (AvgIpc) is 2.89. The molecule has 1 fully saturated rings. The first-order chi connectivity index (χ1) is 17.9. The monoisotopic (exact) mass is 528 g/mol. The van der Waals surface area contributed by atoms with Crippen LogP contribution < -0.4 is 5.32 Å². The first kappa shape index (κ1) is 28.4. The molecule has 0 spiro atoms. The van der Waals surface area contributed by atoms with Gasteiger partial charge in [-0.1, -0.05) is 49.8 Å². The van der Waals surface area contributed by atoms with Crippen LogP contribution in [0.4, 0.5) is 4.39 Å². The molecular formula is C28H33FN2O5S. The van der Waals surface area contributed by atoms with Crippen LogP contribution in [0.15, 0.2) is 61.2 Å². The normalized spacial score (nSPS) is 15.6. The fourth-order valence-corrected chi connectivity index (χ4v) is 5.48. The van der Waals surface area contributed by atoms with E-state index in [9.17, 15) is 23.3 Å². The Hall–Kier alpha value is -3.17. The Balaban J connectivity index is 1.32. The molecule has 2 aromatic rings. The predicted octanol–water partition coefficient (Wildman–Crippen LogP) is 3.89. The van der Waals surface area contributed by atoms with Crippen molar-refractivity contribution in [1.82, 2.24) is 10.2 Å². The molecule has 37 heavy (non-hydrogen) atoms. The number of likely N-dealkylation sites (tertiary alicyclic amines) is 1. The topological polar surface area (TPSA) is 98.8 Å². The smallest absolute Gasteiger partial charge is 0.338 e. The Bertz CT molecular complexity index is 1060. The van der Waals surface area contributed by atoms with Gasteiger partial charge in [0.1, 0.15) is 24.7 Å². The Kier molecular flexibility index (Phi) is 11.2. The third kappa shape index (κ3) is 9.02. The molecule has 0 saturated carbocycles. The summed E-state index contributed by atoms with van der Waals surface area (Å²) in [5.74, 6) is -0.916. The van der Waals surface area contributed by atoms with E-state index in [0.29, 0.717) is 12.1 Å². The Morgan fingerprint density at radius 3 is 2.43 bits per heavy atom. The van der Waals surface area contributed by atoms with Gasteiger partial charge in [0.25, 0.3) is 0 Å². The van der Waals surface area contributed by atoms with Gasteiger partial charge >= 0.3 is 5.97 Å². The van der Waals surface area contributed by atoms with Crippen molar-refractivity contribution in [1.29, 1.82) is 0 Å². The lowest BCUT2D eigenvalue weighted by Crippen LogP contribution is -2.59. The highest BCUT2D eigenvalue weighted by Gasteiger charge is 2.45. The van der Waals surface area contributed by atoms with Crippen LogP contribution >= 0.6 is 0 Å². The number of ether oxygens (including phenoxy) is 1. The summed E-state index contributed by atoms with van der Waals surface area (Å²) < 4.78 is 30.8. The molecule has 1 saturated heterocycles. The number of nitrogens with zero attached hydrogens (tertiary/aromatic N) is 1. The van der Waals surface area contributed by atoms with E-state index in [1.165, 1.54) is 23.1 Å². The van der Waals surface area contributed by atoms with Crippen LogP contribution in [0.1, 0.15) is 53.6 Å². The second-order valence-corrected chi connectivity index (χ2v) is 10.5. The standard InChI is InChI=1S/C28H33FN2O5S/c1-2-17-36-28(34)23-12-8-22(9-13-23)20-37(35)27-18-26(33)31(27)19-25(32)30-16-6-4-3-5-7-21-10-14-24(29)15-11-21/h2,8-15,27H,1,3-7,16-20H2,(H,30,32). The Morgan fingerprint density at radius 1 is 1.08 bits per heavy atom. The summed E-state index contributed by atoms with van der Waals surface area (Å²) in [5.41, 5.74) is 2.27. The van der Waals surface area contributed by atoms with Gasteiger partial charge in [-0.3, -0.25) is 14.5 Å². The molecule has 3 rings (SSSR count). The number of nitrogens with one attached hydrogen (secondary N) is 1. The molecule has 0 bridgehead atoms. The summed E-state index contributed by atoms with van der Waals surface area (Å²) in [5, 5.41) is 2.34. The third-order valence-electron chi connectivity index (χ3n) is 6.09. The second-order valence-electron chi connectivity index (χ2n) is 8.93. The van der Waals surface area contributed by atoms with Crippen molar-refractivity contribution in [3.63, 3.8) is 0 Å². The van der Waals surface area contributed by atoms with E-state index in [0.717, 1.165) is 43.2 Å². The lowest BCUT2D eigenvalue weighted by Gasteiger charge is -2.39. The number of esters is 1. The van der Waals surface area contributed by atoms with Gasteiger partial charge in [0.15, 0.2) is 5.37 Å². The molecule has 2 aromatic carbocycles. The lowest BCUT2D eigenvalue weighted by atomic mass is 10.1. The molecule has 0 aromatic heterocycles. The van der Waals surface area contributed by atoms with E-state index < -0.39 is 22.5 Å². The quantitative estimate of drug-likeness (QED) is 0.124. The number of halogens is 1. The number of carbonyl (C=O) groups is 3. The highest BCUT2D eigenvalue weighted by Crippen LogP contribution is 2.27. The molecule has 1 heterocycles. The summed E-state index contributed by atoms with van der Waals surface area (Å²) in [4.78, 5) is 37.6. The molecule has 1 aliphatic rings. The zero-order valence-corrected chi connectivity index (χ0v) is 21.6. The van der Waals surface area contributed by atoms with Crippen molar-refractivity contribution < 1.29 is 28.1 Å². The maximum absolute atomic E-state index is 12.9.